The fraction of sp³-hybridized carbons (Fsp3) is 0.111. The number of oxime groups is 1. The predicted octanol–water partition coefficient (Wildman–Crippen LogP) is -0.115. The van der Waals surface area contributed by atoms with E-state index in [0.717, 1.165) is 5.56 Å². The van der Waals surface area contributed by atoms with Gasteiger partial charge in [0.05, 0.1) is 0 Å². The molecule has 1 aromatic heterocycles. The number of nitrogens with one attached hydrogen (secondary N) is 1. The first-order valence-electron chi connectivity index (χ1n) is 4.59. The molecule has 0 fully saturated rings. The summed E-state index contributed by atoms with van der Waals surface area (Å²) in [7, 11) is 0. The Morgan fingerprint density at radius 2 is 2.12 bits per heavy atom. The van der Waals surface area contributed by atoms with Crippen molar-refractivity contribution in [3.05, 3.63) is 41.2 Å². The summed E-state index contributed by atoms with van der Waals surface area (Å²) >= 11 is 0. The highest BCUT2D eigenvalue weighted by Crippen LogP contribution is 2.07. The quantitative estimate of drug-likeness (QED) is 0.288. The fourth-order valence-corrected chi connectivity index (χ4v) is 1.29. The van der Waals surface area contributed by atoms with Gasteiger partial charge in [0, 0.05) is 12.0 Å². The summed E-state index contributed by atoms with van der Waals surface area (Å²) in [5, 5.41) is 25.0. The first-order valence-corrected chi connectivity index (χ1v) is 4.59. The average molecular weight is 218 g/mol. The molecule has 0 radical (unpaired) electrons. The van der Waals surface area contributed by atoms with Crippen molar-refractivity contribution in [3.8, 4) is 0 Å². The van der Waals surface area contributed by atoms with Crippen molar-refractivity contribution in [2.24, 2.45) is 10.9 Å². The number of H-pyrrole nitrogens is 1. The number of rotatable bonds is 3. The lowest BCUT2D eigenvalue weighted by molar-refractivity contribution is 0.318. The highest BCUT2D eigenvalue weighted by molar-refractivity contribution is 5.96. The number of hydrogen-bond donors (Lipinski definition) is 3. The van der Waals surface area contributed by atoms with Gasteiger partial charge >= 0.3 is 0 Å². The molecule has 4 N–H and O–H groups in total. The molecule has 1 aromatic carbocycles. The smallest absolute Gasteiger partial charge is 0.178 e. The van der Waals surface area contributed by atoms with Crippen LogP contribution in [-0.2, 0) is 6.42 Å². The summed E-state index contributed by atoms with van der Waals surface area (Å²) in [5.74, 6) is 0.711. The number of aromatic amines is 1. The third kappa shape index (κ3) is 2.14. The van der Waals surface area contributed by atoms with E-state index in [1.807, 2.05) is 12.1 Å². The lowest BCUT2D eigenvalue weighted by Crippen LogP contribution is -2.12. The Kier molecular flexibility index (Phi) is 2.77. The van der Waals surface area contributed by atoms with Crippen molar-refractivity contribution in [1.82, 2.24) is 20.6 Å². The van der Waals surface area contributed by atoms with Crippen molar-refractivity contribution in [3.63, 3.8) is 0 Å². The average Bonchev–Trinajstić information content (AvgIpc) is 2.82. The second-order valence-electron chi connectivity index (χ2n) is 3.19. The molecule has 0 bridgehead atoms. The van der Waals surface area contributed by atoms with Crippen LogP contribution in [0.1, 0.15) is 17.0 Å². The van der Waals surface area contributed by atoms with Crippen LogP contribution in [0, 0.1) is 0 Å². The van der Waals surface area contributed by atoms with Gasteiger partial charge in [-0.15, -0.1) is 10.2 Å². The molecule has 0 atom stereocenters. The molecule has 2 aromatic rings. The summed E-state index contributed by atoms with van der Waals surface area (Å²) in [6, 6.07) is 7.27. The fourth-order valence-electron chi connectivity index (χ4n) is 1.29. The van der Waals surface area contributed by atoms with E-state index >= 15 is 0 Å². The molecule has 0 amide bonds. The Bertz CT molecular complexity index is 475. The SMILES string of the molecule is NC(=NO)c1ccc(Cc2nn[nH]n2)cc1. The van der Waals surface area contributed by atoms with Crippen LogP contribution in [0.25, 0.3) is 0 Å². The second kappa shape index (κ2) is 4.39. The van der Waals surface area contributed by atoms with Crippen molar-refractivity contribution in [2.75, 3.05) is 0 Å². The molecule has 82 valence electrons. The summed E-state index contributed by atoms with van der Waals surface area (Å²) in [6.45, 7) is 0. The Labute approximate surface area is 91.0 Å². The zero-order valence-corrected chi connectivity index (χ0v) is 8.33. The summed E-state index contributed by atoms with van der Waals surface area (Å²) in [5.41, 5.74) is 7.13. The minimum atomic E-state index is 0.0890. The van der Waals surface area contributed by atoms with Gasteiger partial charge in [-0.3, -0.25) is 0 Å². The van der Waals surface area contributed by atoms with E-state index in [1.54, 1.807) is 12.1 Å². The van der Waals surface area contributed by atoms with Crippen molar-refractivity contribution in [1.29, 1.82) is 0 Å². The normalized spacial score (nSPS) is 11.6. The number of nitrogens with two attached hydrogens (primary N) is 1. The molecular weight excluding hydrogens is 208 g/mol. The van der Waals surface area contributed by atoms with Crippen molar-refractivity contribution >= 4 is 5.84 Å². The number of hydrogen-bond acceptors (Lipinski definition) is 5. The van der Waals surface area contributed by atoms with Gasteiger partial charge in [0.15, 0.2) is 11.7 Å². The summed E-state index contributed by atoms with van der Waals surface area (Å²) < 4.78 is 0. The van der Waals surface area contributed by atoms with Crippen LogP contribution in [0.3, 0.4) is 0 Å². The van der Waals surface area contributed by atoms with Crippen LogP contribution in [-0.4, -0.2) is 31.7 Å². The van der Waals surface area contributed by atoms with Crippen LogP contribution >= 0.6 is 0 Å². The maximum Gasteiger partial charge on any atom is 0.178 e. The van der Waals surface area contributed by atoms with Gasteiger partial charge in [0.1, 0.15) is 0 Å². The first kappa shape index (κ1) is 10.1. The van der Waals surface area contributed by atoms with E-state index in [4.69, 9.17) is 10.9 Å². The number of nitrogens with zero attached hydrogens (tertiary/aromatic N) is 4. The van der Waals surface area contributed by atoms with E-state index in [0.29, 0.717) is 17.8 Å². The minimum Gasteiger partial charge on any atom is -0.409 e. The number of benzene rings is 1. The molecule has 0 aliphatic heterocycles. The topological polar surface area (TPSA) is 113 Å². The van der Waals surface area contributed by atoms with Crippen LogP contribution < -0.4 is 5.73 Å². The van der Waals surface area contributed by atoms with Gasteiger partial charge in [0.25, 0.3) is 0 Å². The Morgan fingerprint density at radius 3 is 2.69 bits per heavy atom. The van der Waals surface area contributed by atoms with Gasteiger partial charge in [0.2, 0.25) is 0 Å². The molecule has 2 rings (SSSR count). The highest BCUT2D eigenvalue weighted by Gasteiger charge is 2.02. The number of aromatic nitrogens is 4. The lowest BCUT2D eigenvalue weighted by atomic mass is 10.1. The van der Waals surface area contributed by atoms with E-state index in [1.165, 1.54) is 0 Å². The third-order valence-electron chi connectivity index (χ3n) is 2.11. The van der Waals surface area contributed by atoms with Gasteiger partial charge < -0.3 is 10.9 Å². The standard InChI is InChI=1S/C9H10N6O/c10-9(13-16)7-3-1-6(2-4-7)5-8-11-14-15-12-8/h1-4,16H,5H2,(H2,10,13)(H,11,12,14,15). The molecule has 1 heterocycles. The molecule has 7 heteroatoms. The van der Waals surface area contributed by atoms with E-state index < -0.39 is 0 Å². The minimum absolute atomic E-state index is 0.0890. The summed E-state index contributed by atoms with van der Waals surface area (Å²) in [4.78, 5) is 0. The monoisotopic (exact) mass is 218 g/mol. The Morgan fingerprint density at radius 1 is 1.38 bits per heavy atom. The Hall–Kier alpha value is -2.44. The second-order valence-corrected chi connectivity index (χ2v) is 3.19. The zero-order chi connectivity index (χ0) is 11.4. The molecular formula is C9H10N6O. The van der Waals surface area contributed by atoms with E-state index in [9.17, 15) is 0 Å². The number of amidine groups is 1. The molecule has 0 unspecified atom stereocenters. The maximum absolute atomic E-state index is 8.50. The van der Waals surface area contributed by atoms with Crippen LogP contribution in [0.4, 0.5) is 0 Å². The zero-order valence-electron chi connectivity index (χ0n) is 8.33. The molecule has 0 saturated carbocycles. The number of tetrazole rings is 1. The maximum atomic E-state index is 8.50. The molecule has 16 heavy (non-hydrogen) atoms. The van der Waals surface area contributed by atoms with Gasteiger partial charge in [-0.1, -0.05) is 34.6 Å². The van der Waals surface area contributed by atoms with Gasteiger partial charge in [-0.05, 0) is 5.56 Å². The van der Waals surface area contributed by atoms with Crippen LogP contribution in [0.2, 0.25) is 0 Å². The van der Waals surface area contributed by atoms with Crippen molar-refractivity contribution < 1.29 is 5.21 Å². The van der Waals surface area contributed by atoms with Crippen LogP contribution in [0.5, 0.6) is 0 Å². The largest absolute Gasteiger partial charge is 0.409 e. The summed E-state index contributed by atoms with van der Waals surface area (Å²) in [6.07, 6.45) is 0.590. The lowest BCUT2D eigenvalue weighted by Gasteiger charge is -2.00. The molecule has 7 nitrogen and oxygen atoms in total. The Balaban J connectivity index is 2.14. The van der Waals surface area contributed by atoms with E-state index in [-0.39, 0.29) is 5.84 Å². The first-order chi connectivity index (χ1) is 7.79. The molecule has 0 aliphatic carbocycles. The van der Waals surface area contributed by atoms with Crippen LogP contribution in [0.15, 0.2) is 29.4 Å². The van der Waals surface area contributed by atoms with E-state index in [2.05, 4.69) is 25.8 Å². The third-order valence-corrected chi connectivity index (χ3v) is 2.11. The molecule has 0 saturated heterocycles. The highest BCUT2D eigenvalue weighted by atomic mass is 16.4. The van der Waals surface area contributed by atoms with Gasteiger partial charge in [-0.25, -0.2) is 0 Å². The van der Waals surface area contributed by atoms with Gasteiger partial charge in [-0.2, -0.15) is 5.21 Å². The molecule has 0 aliphatic rings. The molecule has 0 spiro atoms. The van der Waals surface area contributed by atoms with Crippen molar-refractivity contribution in [2.45, 2.75) is 6.42 Å². The predicted molar refractivity (Wildman–Crippen MR) is 55.9 cm³/mol.